The first kappa shape index (κ1) is 17.6. The van der Waals surface area contributed by atoms with E-state index in [1.54, 1.807) is 6.07 Å². The van der Waals surface area contributed by atoms with E-state index >= 15 is 0 Å². The van der Waals surface area contributed by atoms with Crippen LogP contribution < -0.4 is 4.72 Å². The summed E-state index contributed by atoms with van der Waals surface area (Å²) < 4.78 is 63.5. The normalized spacial score (nSPS) is 12.3. The molecule has 0 unspecified atom stereocenters. The zero-order valence-corrected chi connectivity index (χ0v) is 14.0. The molecular formula is C15H16FNO4S2. The van der Waals surface area contributed by atoms with Gasteiger partial charge in [0.2, 0.25) is 10.0 Å². The number of benzene rings is 2. The van der Waals surface area contributed by atoms with Gasteiger partial charge in [-0.05, 0) is 30.3 Å². The summed E-state index contributed by atoms with van der Waals surface area (Å²) in [4.78, 5) is -0.0167. The molecule has 0 atom stereocenters. The van der Waals surface area contributed by atoms with Gasteiger partial charge in [-0.2, -0.15) is 0 Å². The third-order valence-electron chi connectivity index (χ3n) is 3.28. The molecule has 0 aliphatic rings. The van der Waals surface area contributed by atoms with E-state index in [1.807, 2.05) is 0 Å². The van der Waals surface area contributed by atoms with E-state index in [1.165, 1.54) is 49.4 Å². The minimum Gasteiger partial charge on any atom is -0.224 e. The zero-order valence-electron chi connectivity index (χ0n) is 12.4. The second-order valence-corrected chi connectivity index (χ2v) is 8.84. The Morgan fingerprint density at radius 3 is 2.04 bits per heavy atom. The number of halogens is 1. The Morgan fingerprint density at radius 2 is 1.48 bits per heavy atom. The van der Waals surface area contributed by atoms with Crippen LogP contribution in [0, 0.1) is 5.82 Å². The Bertz CT molecular complexity index is 891. The van der Waals surface area contributed by atoms with Gasteiger partial charge < -0.3 is 0 Å². The SMILES string of the molecule is CCS(=O)(=O)c1ccc(S(=O)(=O)NCc2ccccc2F)cc1. The lowest BCUT2D eigenvalue weighted by Gasteiger charge is -2.08. The maximum absolute atomic E-state index is 13.5. The Kier molecular flexibility index (Phi) is 5.18. The van der Waals surface area contributed by atoms with Crippen LogP contribution in [0.5, 0.6) is 0 Å². The smallest absolute Gasteiger partial charge is 0.224 e. The molecule has 0 radical (unpaired) electrons. The first-order valence-electron chi connectivity index (χ1n) is 6.82. The third-order valence-corrected chi connectivity index (χ3v) is 6.45. The van der Waals surface area contributed by atoms with E-state index in [4.69, 9.17) is 0 Å². The summed E-state index contributed by atoms with van der Waals surface area (Å²) in [6.45, 7) is 1.32. The zero-order chi connectivity index (χ0) is 17.1. The average molecular weight is 357 g/mol. The minimum absolute atomic E-state index is 0.0630. The topological polar surface area (TPSA) is 80.3 Å². The molecule has 0 bridgehead atoms. The fourth-order valence-corrected chi connectivity index (χ4v) is 3.78. The van der Waals surface area contributed by atoms with Crippen molar-refractivity contribution in [1.82, 2.24) is 4.72 Å². The Morgan fingerprint density at radius 1 is 0.913 bits per heavy atom. The maximum Gasteiger partial charge on any atom is 0.240 e. The van der Waals surface area contributed by atoms with Crippen molar-refractivity contribution in [3.8, 4) is 0 Å². The molecule has 2 rings (SSSR count). The summed E-state index contributed by atoms with van der Waals surface area (Å²) in [5, 5.41) is 0. The van der Waals surface area contributed by atoms with Gasteiger partial charge in [-0.1, -0.05) is 25.1 Å². The van der Waals surface area contributed by atoms with Gasteiger partial charge in [0.25, 0.3) is 0 Å². The van der Waals surface area contributed by atoms with Crippen LogP contribution in [0.15, 0.2) is 58.3 Å². The lowest BCUT2D eigenvalue weighted by Crippen LogP contribution is -2.23. The van der Waals surface area contributed by atoms with E-state index in [9.17, 15) is 21.2 Å². The van der Waals surface area contributed by atoms with E-state index in [-0.39, 0.29) is 27.7 Å². The van der Waals surface area contributed by atoms with Gasteiger partial charge in [0.1, 0.15) is 5.82 Å². The predicted octanol–water partition coefficient (Wildman–Crippen LogP) is 2.10. The van der Waals surface area contributed by atoms with Gasteiger partial charge in [0, 0.05) is 12.1 Å². The third kappa shape index (κ3) is 4.15. The van der Waals surface area contributed by atoms with Crippen molar-refractivity contribution in [2.45, 2.75) is 23.3 Å². The highest BCUT2D eigenvalue weighted by molar-refractivity contribution is 7.91. The van der Waals surface area contributed by atoms with Crippen LogP contribution in [0.2, 0.25) is 0 Å². The van der Waals surface area contributed by atoms with Crippen LogP contribution in [0.1, 0.15) is 12.5 Å². The summed E-state index contributed by atoms with van der Waals surface area (Å²) in [5.74, 6) is -0.565. The molecule has 2 aromatic carbocycles. The van der Waals surface area contributed by atoms with E-state index in [0.717, 1.165) is 0 Å². The number of hydrogen-bond acceptors (Lipinski definition) is 4. The molecule has 8 heteroatoms. The van der Waals surface area contributed by atoms with Crippen LogP contribution in [0.4, 0.5) is 4.39 Å². The van der Waals surface area contributed by atoms with Crippen LogP contribution in [-0.2, 0) is 26.4 Å². The lowest BCUT2D eigenvalue weighted by molar-refractivity contribution is 0.573. The lowest BCUT2D eigenvalue weighted by atomic mass is 10.2. The largest absolute Gasteiger partial charge is 0.240 e. The highest BCUT2D eigenvalue weighted by Gasteiger charge is 2.17. The first-order valence-corrected chi connectivity index (χ1v) is 9.96. The standard InChI is InChI=1S/C15H16FNO4S2/c1-2-22(18,19)13-7-9-14(10-8-13)23(20,21)17-11-12-5-3-4-6-15(12)16/h3-10,17H,2,11H2,1H3. The van der Waals surface area contributed by atoms with Crippen LogP contribution >= 0.6 is 0 Å². The van der Waals surface area contributed by atoms with Crippen molar-refractivity contribution in [2.24, 2.45) is 0 Å². The molecule has 0 amide bonds. The number of sulfone groups is 1. The van der Waals surface area contributed by atoms with Gasteiger partial charge >= 0.3 is 0 Å². The van der Waals surface area contributed by atoms with Gasteiger partial charge in [0.05, 0.1) is 15.5 Å². The number of nitrogens with one attached hydrogen (secondary N) is 1. The summed E-state index contributed by atoms with van der Waals surface area (Å²) >= 11 is 0. The van der Waals surface area contributed by atoms with Crippen molar-refractivity contribution in [1.29, 1.82) is 0 Å². The average Bonchev–Trinajstić information content (AvgIpc) is 2.54. The highest BCUT2D eigenvalue weighted by atomic mass is 32.2. The molecule has 0 spiro atoms. The molecule has 5 nitrogen and oxygen atoms in total. The molecule has 23 heavy (non-hydrogen) atoms. The molecular weight excluding hydrogens is 341 g/mol. The second-order valence-electron chi connectivity index (χ2n) is 4.79. The summed E-state index contributed by atoms with van der Waals surface area (Å²) in [5.41, 5.74) is 0.223. The fourth-order valence-electron chi connectivity index (χ4n) is 1.89. The molecule has 0 fully saturated rings. The maximum atomic E-state index is 13.5. The molecule has 0 saturated carbocycles. The summed E-state index contributed by atoms with van der Waals surface area (Å²) in [6, 6.07) is 10.8. The highest BCUT2D eigenvalue weighted by Crippen LogP contribution is 2.16. The van der Waals surface area contributed by atoms with Gasteiger partial charge in [-0.15, -0.1) is 0 Å². The molecule has 2 aromatic rings. The molecule has 0 heterocycles. The van der Waals surface area contributed by atoms with Crippen molar-refractivity contribution in [3.63, 3.8) is 0 Å². The van der Waals surface area contributed by atoms with Crippen LogP contribution in [0.3, 0.4) is 0 Å². The van der Waals surface area contributed by atoms with Crippen molar-refractivity contribution >= 4 is 19.9 Å². The Labute approximate surface area is 135 Å². The molecule has 0 aliphatic carbocycles. The van der Waals surface area contributed by atoms with Crippen molar-refractivity contribution in [3.05, 3.63) is 59.9 Å². The molecule has 124 valence electrons. The minimum atomic E-state index is -3.86. The van der Waals surface area contributed by atoms with Crippen LogP contribution in [-0.4, -0.2) is 22.6 Å². The van der Waals surface area contributed by atoms with Crippen molar-refractivity contribution in [2.75, 3.05) is 5.75 Å². The molecule has 0 saturated heterocycles. The molecule has 1 N–H and O–H groups in total. The monoisotopic (exact) mass is 357 g/mol. The molecule has 0 aliphatic heterocycles. The summed E-state index contributed by atoms with van der Waals surface area (Å²) in [6.07, 6.45) is 0. The van der Waals surface area contributed by atoms with Crippen LogP contribution in [0.25, 0.3) is 0 Å². The number of hydrogen-bond donors (Lipinski definition) is 1. The van der Waals surface area contributed by atoms with Crippen molar-refractivity contribution < 1.29 is 21.2 Å². The van der Waals surface area contributed by atoms with Gasteiger partial charge in [0.15, 0.2) is 9.84 Å². The van der Waals surface area contributed by atoms with E-state index < -0.39 is 25.7 Å². The van der Waals surface area contributed by atoms with E-state index in [2.05, 4.69) is 4.72 Å². The molecule has 0 aromatic heterocycles. The van der Waals surface area contributed by atoms with E-state index in [0.29, 0.717) is 0 Å². The number of sulfonamides is 1. The number of rotatable bonds is 6. The fraction of sp³-hybridized carbons (Fsp3) is 0.200. The first-order chi connectivity index (χ1) is 10.8. The summed E-state index contributed by atoms with van der Waals surface area (Å²) in [7, 11) is -7.24. The Hall–Kier alpha value is -1.77. The van der Waals surface area contributed by atoms with Gasteiger partial charge in [-0.25, -0.2) is 25.9 Å². The second kappa shape index (κ2) is 6.77. The Balaban J connectivity index is 2.19. The van der Waals surface area contributed by atoms with Gasteiger partial charge in [-0.3, -0.25) is 0 Å². The quantitative estimate of drug-likeness (QED) is 0.858. The predicted molar refractivity (Wildman–Crippen MR) is 84.6 cm³/mol.